The van der Waals surface area contributed by atoms with Crippen molar-refractivity contribution >= 4 is 11.7 Å². The Morgan fingerprint density at radius 2 is 1.72 bits per heavy atom. The Morgan fingerprint density at radius 3 is 2.36 bits per heavy atom. The van der Waals surface area contributed by atoms with Crippen molar-refractivity contribution < 1.29 is 19.2 Å². The zero-order valence-corrected chi connectivity index (χ0v) is 14.8. The molecule has 25 heavy (non-hydrogen) atoms. The Balaban J connectivity index is 1.56. The minimum atomic E-state index is -0.288. The third-order valence-electron chi connectivity index (χ3n) is 4.73. The first-order valence-corrected chi connectivity index (χ1v) is 8.60. The second kappa shape index (κ2) is 8.03. The molecule has 3 rings (SSSR count). The molecule has 2 aromatic carbocycles. The molecule has 0 bridgehead atoms. The zero-order valence-electron chi connectivity index (χ0n) is 14.8. The Kier molecular flexibility index (Phi) is 5.56. The SMILES string of the molecule is COC(=O)c1ccc(C[NH+]2CCN(c3ccccc3OC)CC2)cc1. The van der Waals surface area contributed by atoms with Crippen LogP contribution in [-0.4, -0.2) is 46.4 Å². The van der Waals surface area contributed by atoms with Crippen molar-refractivity contribution in [2.24, 2.45) is 0 Å². The number of piperazine rings is 1. The summed E-state index contributed by atoms with van der Waals surface area (Å²) in [6.07, 6.45) is 0. The second-order valence-corrected chi connectivity index (χ2v) is 6.27. The summed E-state index contributed by atoms with van der Waals surface area (Å²) in [4.78, 5) is 15.4. The van der Waals surface area contributed by atoms with Crippen LogP contribution >= 0.6 is 0 Å². The molecule has 2 aromatic rings. The van der Waals surface area contributed by atoms with Crippen LogP contribution in [0, 0.1) is 0 Å². The van der Waals surface area contributed by atoms with Crippen LogP contribution in [0.25, 0.3) is 0 Å². The Labute approximate surface area is 148 Å². The average Bonchev–Trinajstić information content (AvgIpc) is 2.68. The first-order valence-electron chi connectivity index (χ1n) is 8.60. The largest absolute Gasteiger partial charge is 0.495 e. The van der Waals surface area contributed by atoms with Gasteiger partial charge in [-0.25, -0.2) is 4.79 Å². The Morgan fingerprint density at radius 1 is 1.04 bits per heavy atom. The third kappa shape index (κ3) is 4.12. The molecule has 0 aromatic heterocycles. The van der Waals surface area contributed by atoms with Gasteiger partial charge in [-0.15, -0.1) is 0 Å². The van der Waals surface area contributed by atoms with E-state index in [2.05, 4.69) is 17.0 Å². The first-order chi connectivity index (χ1) is 12.2. The minimum Gasteiger partial charge on any atom is -0.495 e. The monoisotopic (exact) mass is 341 g/mol. The van der Waals surface area contributed by atoms with Gasteiger partial charge in [0.2, 0.25) is 0 Å². The molecule has 0 amide bonds. The smallest absolute Gasteiger partial charge is 0.337 e. The number of anilines is 1. The number of nitrogens with zero attached hydrogens (tertiary/aromatic N) is 1. The van der Waals surface area contributed by atoms with Crippen LogP contribution in [0.15, 0.2) is 48.5 Å². The number of hydrogen-bond donors (Lipinski definition) is 1. The predicted molar refractivity (Wildman–Crippen MR) is 97.4 cm³/mol. The molecular formula is C20H25N2O3+. The topological polar surface area (TPSA) is 43.2 Å². The number of benzene rings is 2. The number of carbonyl (C=O) groups excluding carboxylic acids is 1. The molecule has 1 N–H and O–H groups in total. The maximum atomic E-state index is 11.5. The first kappa shape index (κ1) is 17.3. The number of quaternary nitrogens is 1. The van der Waals surface area contributed by atoms with Gasteiger partial charge in [0, 0.05) is 5.56 Å². The number of rotatable bonds is 5. The van der Waals surface area contributed by atoms with Crippen LogP contribution in [0.3, 0.4) is 0 Å². The highest BCUT2D eigenvalue weighted by Gasteiger charge is 2.22. The van der Waals surface area contributed by atoms with Gasteiger partial charge in [-0.3, -0.25) is 0 Å². The van der Waals surface area contributed by atoms with Crippen molar-refractivity contribution in [1.29, 1.82) is 0 Å². The molecule has 0 unspecified atom stereocenters. The van der Waals surface area contributed by atoms with Gasteiger partial charge >= 0.3 is 5.97 Å². The van der Waals surface area contributed by atoms with E-state index in [4.69, 9.17) is 9.47 Å². The summed E-state index contributed by atoms with van der Waals surface area (Å²) >= 11 is 0. The highest BCUT2D eigenvalue weighted by Crippen LogP contribution is 2.27. The number of nitrogens with one attached hydrogen (secondary N) is 1. The molecule has 5 heteroatoms. The van der Waals surface area contributed by atoms with Gasteiger partial charge in [-0.05, 0) is 24.3 Å². The molecular weight excluding hydrogens is 316 g/mol. The third-order valence-corrected chi connectivity index (χ3v) is 4.73. The summed E-state index contributed by atoms with van der Waals surface area (Å²) in [5.41, 5.74) is 3.02. The highest BCUT2D eigenvalue weighted by atomic mass is 16.5. The van der Waals surface area contributed by atoms with Crippen LogP contribution in [0.4, 0.5) is 5.69 Å². The molecule has 1 aliphatic rings. The van der Waals surface area contributed by atoms with Gasteiger partial charge in [0.1, 0.15) is 12.3 Å². The van der Waals surface area contributed by atoms with Crippen LogP contribution < -0.4 is 14.5 Å². The number of para-hydroxylation sites is 2. The van der Waals surface area contributed by atoms with Crippen molar-refractivity contribution in [3.05, 3.63) is 59.7 Å². The average molecular weight is 341 g/mol. The van der Waals surface area contributed by atoms with E-state index in [9.17, 15) is 4.79 Å². The van der Waals surface area contributed by atoms with E-state index >= 15 is 0 Å². The lowest BCUT2D eigenvalue weighted by Gasteiger charge is -2.34. The van der Waals surface area contributed by atoms with Gasteiger partial charge in [-0.2, -0.15) is 0 Å². The Bertz CT molecular complexity index is 707. The summed E-state index contributed by atoms with van der Waals surface area (Å²) in [5, 5.41) is 0. The van der Waals surface area contributed by atoms with Crippen LogP contribution in [0.1, 0.15) is 15.9 Å². The number of esters is 1. The van der Waals surface area contributed by atoms with Crippen molar-refractivity contribution in [3.8, 4) is 5.75 Å². The second-order valence-electron chi connectivity index (χ2n) is 6.27. The van der Waals surface area contributed by atoms with E-state index in [1.807, 2.05) is 36.4 Å². The molecule has 1 fully saturated rings. The summed E-state index contributed by atoms with van der Waals surface area (Å²) in [5.74, 6) is 0.647. The van der Waals surface area contributed by atoms with E-state index < -0.39 is 0 Å². The number of hydrogen-bond acceptors (Lipinski definition) is 4. The van der Waals surface area contributed by atoms with Crippen LogP contribution in [0.2, 0.25) is 0 Å². The number of methoxy groups -OCH3 is 2. The predicted octanol–water partition coefficient (Wildman–Crippen LogP) is 1.39. The fraction of sp³-hybridized carbons (Fsp3) is 0.350. The van der Waals surface area contributed by atoms with Gasteiger partial charge in [0.05, 0.1) is 51.6 Å². The van der Waals surface area contributed by atoms with E-state index in [-0.39, 0.29) is 5.97 Å². The lowest BCUT2D eigenvalue weighted by Crippen LogP contribution is -3.13. The molecule has 0 aliphatic carbocycles. The van der Waals surface area contributed by atoms with Gasteiger partial charge in [0.25, 0.3) is 0 Å². The maximum absolute atomic E-state index is 11.5. The zero-order chi connectivity index (χ0) is 17.6. The summed E-state index contributed by atoms with van der Waals surface area (Å²) in [6.45, 7) is 5.15. The minimum absolute atomic E-state index is 0.288. The van der Waals surface area contributed by atoms with Gasteiger partial charge in [0.15, 0.2) is 0 Å². The fourth-order valence-electron chi connectivity index (χ4n) is 3.30. The molecule has 0 spiro atoms. The molecule has 0 atom stereocenters. The molecule has 1 saturated heterocycles. The van der Waals surface area contributed by atoms with E-state index in [1.165, 1.54) is 18.4 Å². The molecule has 5 nitrogen and oxygen atoms in total. The molecule has 1 aliphatic heterocycles. The molecule has 132 valence electrons. The van der Waals surface area contributed by atoms with E-state index in [1.54, 1.807) is 12.0 Å². The van der Waals surface area contributed by atoms with E-state index in [0.29, 0.717) is 5.56 Å². The van der Waals surface area contributed by atoms with Crippen molar-refractivity contribution in [3.63, 3.8) is 0 Å². The lowest BCUT2D eigenvalue weighted by molar-refractivity contribution is -0.914. The van der Waals surface area contributed by atoms with Crippen molar-refractivity contribution in [2.75, 3.05) is 45.3 Å². The van der Waals surface area contributed by atoms with Crippen molar-refractivity contribution in [1.82, 2.24) is 0 Å². The standard InChI is InChI=1S/C20H24N2O3/c1-24-19-6-4-3-5-18(19)22-13-11-21(12-14-22)15-16-7-9-17(10-8-16)20(23)25-2/h3-10H,11-15H2,1-2H3/p+1. The van der Waals surface area contributed by atoms with Gasteiger partial charge < -0.3 is 19.3 Å². The van der Waals surface area contributed by atoms with Crippen LogP contribution in [0.5, 0.6) is 5.75 Å². The van der Waals surface area contributed by atoms with Crippen molar-refractivity contribution in [2.45, 2.75) is 6.54 Å². The van der Waals surface area contributed by atoms with Crippen LogP contribution in [-0.2, 0) is 11.3 Å². The fourth-order valence-corrected chi connectivity index (χ4v) is 3.30. The quantitative estimate of drug-likeness (QED) is 0.835. The molecule has 0 radical (unpaired) electrons. The normalized spacial score (nSPS) is 15.0. The molecule has 1 heterocycles. The lowest BCUT2D eigenvalue weighted by atomic mass is 10.1. The molecule has 0 saturated carbocycles. The summed E-state index contributed by atoms with van der Waals surface area (Å²) < 4.78 is 10.2. The van der Waals surface area contributed by atoms with Gasteiger partial charge in [-0.1, -0.05) is 24.3 Å². The maximum Gasteiger partial charge on any atom is 0.337 e. The number of ether oxygens (including phenoxy) is 2. The number of carbonyl (C=O) groups is 1. The summed E-state index contributed by atoms with van der Waals surface area (Å²) in [6, 6.07) is 15.9. The summed E-state index contributed by atoms with van der Waals surface area (Å²) in [7, 11) is 3.12. The Hall–Kier alpha value is -2.53. The van der Waals surface area contributed by atoms with E-state index in [0.717, 1.165) is 38.5 Å². The highest BCUT2D eigenvalue weighted by molar-refractivity contribution is 5.89.